The summed E-state index contributed by atoms with van der Waals surface area (Å²) < 4.78 is 5.18. The summed E-state index contributed by atoms with van der Waals surface area (Å²) in [5.74, 6) is 0.190. The zero-order chi connectivity index (χ0) is 21.1. The monoisotopic (exact) mass is 409 g/mol. The normalized spacial score (nSPS) is 16.9. The third kappa shape index (κ3) is 4.72. The molecule has 2 fully saturated rings. The van der Waals surface area contributed by atoms with Gasteiger partial charge in [-0.1, -0.05) is 12.1 Å². The van der Waals surface area contributed by atoms with E-state index in [1.807, 2.05) is 24.3 Å². The molecule has 158 valence electrons. The number of furan rings is 1. The second kappa shape index (κ2) is 8.73. The first-order valence-electron chi connectivity index (χ1n) is 10.5. The molecule has 1 saturated carbocycles. The Morgan fingerprint density at radius 3 is 2.37 bits per heavy atom. The number of rotatable bonds is 6. The lowest BCUT2D eigenvalue weighted by Crippen LogP contribution is -2.43. The first-order valence-corrected chi connectivity index (χ1v) is 10.5. The van der Waals surface area contributed by atoms with E-state index in [4.69, 9.17) is 4.42 Å². The second-order valence-electron chi connectivity index (χ2n) is 8.18. The Balaban J connectivity index is 1.26. The average Bonchev–Trinajstić information content (AvgIpc) is 3.41. The second-order valence-corrected chi connectivity index (χ2v) is 8.18. The van der Waals surface area contributed by atoms with Gasteiger partial charge in [0.1, 0.15) is 0 Å². The summed E-state index contributed by atoms with van der Waals surface area (Å²) in [7, 11) is 1.80. The molecule has 30 heavy (non-hydrogen) atoms. The highest BCUT2D eigenvalue weighted by molar-refractivity contribution is 5.94. The highest BCUT2D eigenvalue weighted by Gasteiger charge is 2.30. The van der Waals surface area contributed by atoms with Crippen molar-refractivity contribution in [3.05, 3.63) is 59.5 Å². The molecular weight excluding hydrogens is 382 g/mol. The molecule has 2 aromatic rings. The van der Waals surface area contributed by atoms with Crippen molar-refractivity contribution in [2.75, 3.05) is 20.1 Å². The van der Waals surface area contributed by atoms with Crippen LogP contribution in [0.4, 0.5) is 0 Å². The number of amides is 3. The summed E-state index contributed by atoms with van der Waals surface area (Å²) in [5, 5.41) is 2.97. The van der Waals surface area contributed by atoms with Gasteiger partial charge in [-0.15, -0.1) is 0 Å². The number of hydrogen-bond donors (Lipinski definition) is 1. The van der Waals surface area contributed by atoms with Crippen molar-refractivity contribution in [3.63, 3.8) is 0 Å². The zero-order valence-electron chi connectivity index (χ0n) is 17.2. The van der Waals surface area contributed by atoms with E-state index in [0.29, 0.717) is 49.8 Å². The molecule has 3 amide bonds. The van der Waals surface area contributed by atoms with Crippen LogP contribution in [0, 0.1) is 5.92 Å². The van der Waals surface area contributed by atoms with Crippen LogP contribution >= 0.6 is 0 Å². The maximum atomic E-state index is 12.9. The molecule has 2 heterocycles. The van der Waals surface area contributed by atoms with Gasteiger partial charge in [-0.05, 0) is 55.5 Å². The third-order valence-electron chi connectivity index (χ3n) is 5.79. The van der Waals surface area contributed by atoms with Crippen molar-refractivity contribution in [2.45, 2.75) is 38.3 Å². The highest BCUT2D eigenvalue weighted by Crippen LogP contribution is 2.22. The van der Waals surface area contributed by atoms with E-state index in [-0.39, 0.29) is 23.6 Å². The summed E-state index contributed by atoms with van der Waals surface area (Å²) >= 11 is 0. The van der Waals surface area contributed by atoms with Gasteiger partial charge < -0.3 is 19.5 Å². The molecule has 1 aromatic heterocycles. The summed E-state index contributed by atoms with van der Waals surface area (Å²) in [6.45, 7) is 1.60. The predicted octanol–water partition coefficient (Wildman–Crippen LogP) is 2.68. The van der Waals surface area contributed by atoms with Crippen molar-refractivity contribution in [1.29, 1.82) is 0 Å². The number of hydrogen-bond acceptors (Lipinski definition) is 4. The fourth-order valence-corrected chi connectivity index (χ4v) is 3.81. The molecule has 2 aliphatic rings. The number of nitrogens with one attached hydrogen (secondary N) is 1. The molecule has 0 radical (unpaired) electrons. The van der Waals surface area contributed by atoms with Crippen LogP contribution in [0.3, 0.4) is 0 Å². The number of likely N-dealkylation sites (tertiary alicyclic amines) is 1. The standard InChI is InChI=1S/C23H27N3O4/c1-25(15-16-4-6-17(7-5-16)21(27)24-19-8-9-19)22(28)18-10-12-26(13-11-18)23(29)20-3-2-14-30-20/h2-7,14,18-19H,8-13,15H2,1H3,(H,24,27). The molecular formula is C23H27N3O4. The van der Waals surface area contributed by atoms with Gasteiger partial charge in [0.15, 0.2) is 5.76 Å². The predicted molar refractivity (Wildman–Crippen MR) is 111 cm³/mol. The molecule has 1 aliphatic heterocycles. The smallest absolute Gasteiger partial charge is 0.289 e. The molecule has 0 unspecified atom stereocenters. The van der Waals surface area contributed by atoms with Crippen LogP contribution in [-0.4, -0.2) is 53.7 Å². The lowest BCUT2D eigenvalue weighted by Gasteiger charge is -2.32. The zero-order valence-corrected chi connectivity index (χ0v) is 17.2. The van der Waals surface area contributed by atoms with Crippen molar-refractivity contribution in [3.8, 4) is 0 Å². The molecule has 1 aromatic carbocycles. The SMILES string of the molecule is CN(Cc1ccc(C(=O)NC2CC2)cc1)C(=O)C1CCN(C(=O)c2ccco2)CC1. The summed E-state index contributed by atoms with van der Waals surface area (Å²) in [5.41, 5.74) is 1.63. The van der Waals surface area contributed by atoms with Gasteiger partial charge in [0.2, 0.25) is 5.91 Å². The lowest BCUT2D eigenvalue weighted by molar-refractivity contribution is -0.136. The van der Waals surface area contributed by atoms with Crippen LogP contribution in [0.5, 0.6) is 0 Å². The molecule has 4 rings (SSSR count). The van der Waals surface area contributed by atoms with Gasteiger partial charge in [0, 0.05) is 44.2 Å². The summed E-state index contributed by atoms with van der Waals surface area (Å²) in [6, 6.07) is 11.1. The van der Waals surface area contributed by atoms with Crippen LogP contribution in [0.1, 0.15) is 52.2 Å². The van der Waals surface area contributed by atoms with E-state index >= 15 is 0 Å². The Morgan fingerprint density at radius 1 is 1.07 bits per heavy atom. The van der Waals surface area contributed by atoms with Gasteiger partial charge >= 0.3 is 0 Å². The van der Waals surface area contributed by atoms with E-state index in [1.54, 1.807) is 29.0 Å². The van der Waals surface area contributed by atoms with E-state index in [1.165, 1.54) is 6.26 Å². The number of piperidine rings is 1. The molecule has 0 atom stereocenters. The first-order chi connectivity index (χ1) is 14.5. The molecule has 7 nitrogen and oxygen atoms in total. The fraction of sp³-hybridized carbons (Fsp3) is 0.435. The fourth-order valence-electron chi connectivity index (χ4n) is 3.81. The Labute approximate surface area is 176 Å². The van der Waals surface area contributed by atoms with Crippen LogP contribution < -0.4 is 5.32 Å². The maximum absolute atomic E-state index is 12.9. The Kier molecular flexibility index (Phi) is 5.88. The van der Waals surface area contributed by atoms with Crippen molar-refractivity contribution >= 4 is 17.7 Å². The van der Waals surface area contributed by atoms with E-state index < -0.39 is 0 Å². The summed E-state index contributed by atoms with van der Waals surface area (Å²) in [6.07, 6.45) is 4.91. The average molecular weight is 409 g/mol. The van der Waals surface area contributed by atoms with Gasteiger partial charge in [-0.3, -0.25) is 14.4 Å². The lowest BCUT2D eigenvalue weighted by atomic mass is 9.95. The van der Waals surface area contributed by atoms with E-state index in [9.17, 15) is 14.4 Å². The minimum Gasteiger partial charge on any atom is -0.459 e. The van der Waals surface area contributed by atoms with Gasteiger partial charge in [-0.2, -0.15) is 0 Å². The Hall–Kier alpha value is -3.09. The van der Waals surface area contributed by atoms with Crippen molar-refractivity contribution < 1.29 is 18.8 Å². The van der Waals surface area contributed by atoms with Crippen molar-refractivity contribution in [1.82, 2.24) is 15.1 Å². The summed E-state index contributed by atoms with van der Waals surface area (Å²) in [4.78, 5) is 40.8. The van der Waals surface area contributed by atoms with Crippen LogP contribution in [-0.2, 0) is 11.3 Å². The number of carbonyl (C=O) groups excluding carboxylic acids is 3. The van der Waals surface area contributed by atoms with Crippen LogP contribution in [0.25, 0.3) is 0 Å². The Bertz CT molecular complexity index is 895. The van der Waals surface area contributed by atoms with E-state index in [0.717, 1.165) is 18.4 Å². The highest BCUT2D eigenvalue weighted by atomic mass is 16.3. The molecule has 0 bridgehead atoms. The molecule has 1 saturated heterocycles. The van der Waals surface area contributed by atoms with Crippen molar-refractivity contribution in [2.24, 2.45) is 5.92 Å². The Morgan fingerprint density at radius 2 is 1.77 bits per heavy atom. The number of carbonyl (C=O) groups is 3. The minimum atomic E-state index is -0.120. The quantitative estimate of drug-likeness (QED) is 0.795. The first kappa shape index (κ1) is 20.2. The van der Waals surface area contributed by atoms with Crippen LogP contribution in [0.2, 0.25) is 0 Å². The van der Waals surface area contributed by atoms with Gasteiger partial charge in [0.05, 0.1) is 6.26 Å². The topological polar surface area (TPSA) is 82.9 Å². The van der Waals surface area contributed by atoms with Gasteiger partial charge in [0.25, 0.3) is 11.8 Å². The molecule has 0 spiro atoms. The third-order valence-corrected chi connectivity index (χ3v) is 5.79. The number of nitrogens with zero attached hydrogens (tertiary/aromatic N) is 2. The largest absolute Gasteiger partial charge is 0.459 e. The van der Waals surface area contributed by atoms with Gasteiger partial charge in [-0.25, -0.2) is 0 Å². The minimum absolute atomic E-state index is 0.0377. The molecule has 7 heteroatoms. The molecule has 1 N–H and O–H groups in total. The van der Waals surface area contributed by atoms with E-state index in [2.05, 4.69) is 5.32 Å². The van der Waals surface area contributed by atoms with Crippen LogP contribution in [0.15, 0.2) is 47.1 Å². The molecule has 1 aliphatic carbocycles. The number of benzene rings is 1. The maximum Gasteiger partial charge on any atom is 0.289 e.